The Morgan fingerprint density at radius 3 is 3.05 bits per heavy atom. The van der Waals surface area contributed by atoms with E-state index in [2.05, 4.69) is 16.0 Å². The van der Waals surface area contributed by atoms with Crippen molar-refractivity contribution in [2.45, 2.75) is 6.04 Å². The Kier molecular flexibility index (Phi) is 2.06. The van der Waals surface area contributed by atoms with Crippen LogP contribution in [0.15, 0.2) is 48.8 Å². The van der Waals surface area contributed by atoms with Gasteiger partial charge in [-0.2, -0.15) is 0 Å². The average molecular weight is 249 g/mol. The summed E-state index contributed by atoms with van der Waals surface area (Å²) in [5.74, 6) is 1.30. The van der Waals surface area contributed by atoms with Gasteiger partial charge in [-0.05, 0) is 12.1 Å². The van der Waals surface area contributed by atoms with Gasteiger partial charge in [0.05, 0.1) is 5.69 Å². The standard InChI is InChI=1S/C15H11N3O/c1-10-16-9-13(17-10)11-6-4-8-18-15(11)12-5-2-3-7-14(12)19-18/h1-9,15H,(H,16,17). The molecule has 4 rings (SSSR count). The summed E-state index contributed by atoms with van der Waals surface area (Å²) in [6, 6.07) is 8.06. The van der Waals surface area contributed by atoms with Gasteiger partial charge >= 0.3 is 0 Å². The Bertz CT molecular complexity index is 699. The molecule has 3 heterocycles. The predicted octanol–water partition coefficient (Wildman–Crippen LogP) is 2.73. The highest BCUT2D eigenvalue weighted by Gasteiger charge is 2.35. The number of nitrogens with zero attached hydrogens (tertiary/aromatic N) is 2. The minimum absolute atomic E-state index is 0.0314. The number of benzene rings is 1. The van der Waals surface area contributed by atoms with Crippen molar-refractivity contribution in [2.75, 3.05) is 0 Å². The lowest BCUT2D eigenvalue weighted by Gasteiger charge is -2.25. The molecule has 0 spiro atoms. The molecule has 0 saturated heterocycles. The van der Waals surface area contributed by atoms with Crippen molar-refractivity contribution in [1.29, 1.82) is 0 Å². The summed E-state index contributed by atoms with van der Waals surface area (Å²) < 4.78 is 0. The maximum Gasteiger partial charge on any atom is 0.161 e. The van der Waals surface area contributed by atoms with Crippen LogP contribution in [0.25, 0.3) is 5.57 Å². The first-order valence-electron chi connectivity index (χ1n) is 6.08. The zero-order valence-corrected chi connectivity index (χ0v) is 10.1. The van der Waals surface area contributed by atoms with Crippen molar-refractivity contribution in [2.24, 2.45) is 0 Å². The lowest BCUT2D eigenvalue weighted by Crippen LogP contribution is -2.23. The molecule has 19 heavy (non-hydrogen) atoms. The monoisotopic (exact) mass is 249 g/mol. The lowest BCUT2D eigenvalue weighted by atomic mass is 9.95. The highest BCUT2D eigenvalue weighted by Crippen LogP contribution is 2.46. The third-order valence-electron chi connectivity index (χ3n) is 3.37. The third kappa shape index (κ3) is 1.50. The van der Waals surface area contributed by atoms with Gasteiger partial charge in [-0.3, -0.25) is 0 Å². The van der Waals surface area contributed by atoms with E-state index in [9.17, 15) is 0 Å². The number of hydrogen-bond acceptors (Lipinski definition) is 3. The van der Waals surface area contributed by atoms with E-state index in [0.717, 1.165) is 22.6 Å². The molecular weight excluding hydrogens is 238 g/mol. The predicted molar refractivity (Wildman–Crippen MR) is 70.8 cm³/mol. The van der Waals surface area contributed by atoms with Crippen molar-refractivity contribution in [1.82, 2.24) is 15.0 Å². The number of imidazole rings is 1. The molecule has 2 aliphatic heterocycles. The summed E-state index contributed by atoms with van der Waals surface area (Å²) >= 11 is 0. The van der Waals surface area contributed by atoms with Crippen LogP contribution in [0.4, 0.5) is 0 Å². The average Bonchev–Trinajstić information content (AvgIpc) is 3.01. The van der Waals surface area contributed by atoms with E-state index in [1.165, 1.54) is 0 Å². The molecule has 2 aliphatic rings. The Hall–Kier alpha value is -2.49. The zero-order valence-electron chi connectivity index (χ0n) is 10.1. The van der Waals surface area contributed by atoms with E-state index >= 15 is 0 Å². The number of hydroxylamine groups is 2. The van der Waals surface area contributed by atoms with Gasteiger partial charge in [0, 0.05) is 30.5 Å². The van der Waals surface area contributed by atoms with Gasteiger partial charge in [0.25, 0.3) is 0 Å². The van der Waals surface area contributed by atoms with Crippen molar-refractivity contribution in [3.63, 3.8) is 0 Å². The first kappa shape index (κ1) is 10.4. The molecule has 0 bridgehead atoms. The number of hydrogen-bond donors (Lipinski definition) is 1. The number of para-hydroxylation sites is 1. The molecule has 92 valence electrons. The lowest BCUT2D eigenvalue weighted by molar-refractivity contribution is -0.00225. The van der Waals surface area contributed by atoms with Crippen LogP contribution >= 0.6 is 0 Å². The fourth-order valence-corrected chi connectivity index (χ4v) is 2.55. The number of aromatic nitrogens is 2. The Balaban J connectivity index is 1.84. The van der Waals surface area contributed by atoms with Gasteiger partial charge in [-0.1, -0.05) is 24.3 Å². The topological polar surface area (TPSA) is 41.2 Å². The number of aromatic amines is 1. The van der Waals surface area contributed by atoms with Crippen LogP contribution in [-0.2, 0) is 0 Å². The summed E-state index contributed by atoms with van der Waals surface area (Å²) in [6.45, 7) is 5.66. The summed E-state index contributed by atoms with van der Waals surface area (Å²) in [5, 5.41) is 1.84. The summed E-state index contributed by atoms with van der Waals surface area (Å²) in [4.78, 5) is 13.0. The van der Waals surface area contributed by atoms with E-state index in [1.54, 1.807) is 0 Å². The Labute approximate surface area is 111 Å². The second-order valence-electron chi connectivity index (χ2n) is 4.53. The number of nitrogens with one attached hydrogen (secondary N) is 1. The van der Waals surface area contributed by atoms with Crippen molar-refractivity contribution < 1.29 is 4.84 Å². The van der Waals surface area contributed by atoms with Gasteiger partial charge < -0.3 is 9.82 Å². The third-order valence-corrected chi connectivity index (χ3v) is 3.37. The SMILES string of the molecule is [CH]c1nc(C2=CC=CN3Oc4ccccc4C23)c[nH]1. The molecule has 2 aromatic rings. The molecule has 1 N–H and O–H groups in total. The van der Waals surface area contributed by atoms with Crippen LogP contribution < -0.4 is 4.84 Å². The minimum atomic E-state index is 0.0314. The Morgan fingerprint density at radius 2 is 2.21 bits per heavy atom. The van der Waals surface area contributed by atoms with E-state index in [0.29, 0.717) is 5.82 Å². The molecule has 4 nitrogen and oxygen atoms in total. The van der Waals surface area contributed by atoms with Crippen LogP contribution in [0.3, 0.4) is 0 Å². The molecule has 1 atom stereocenters. The normalized spacial score (nSPS) is 19.7. The number of allylic oxidation sites excluding steroid dienone is 2. The van der Waals surface area contributed by atoms with Crippen molar-refractivity contribution in [3.05, 3.63) is 72.8 Å². The van der Waals surface area contributed by atoms with Gasteiger partial charge in [0.15, 0.2) is 5.75 Å². The first-order chi connectivity index (χ1) is 9.33. The van der Waals surface area contributed by atoms with Crippen LogP contribution in [0.2, 0.25) is 0 Å². The van der Waals surface area contributed by atoms with Gasteiger partial charge in [-0.15, -0.1) is 0 Å². The number of rotatable bonds is 1. The molecule has 0 saturated carbocycles. The molecule has 0 amide bonds. The molecule has 1 aromatic carbocycles. The smallest absolute Gasteiger partial charge is 0.161 e. The second kappa shape index (κ2) is 3.75. The fourth-order valence-electron chi connectivity index (χ4n) is 2.55. The van der Waals surface area contributed by atoms with Gasteiger partial charge in [0.1, 0.15) is 11.9 Å². The molecule has 2 radical (unpaired) electrons. The van der Waals surface area contributed by atoms with Gasteiger partial charge in [0.2, 0.25) is 0 Å². The van der Waals surface area contributed by atoms with Crippen LogP contribution in [0, 0.1) is 6.92 Å². The highest BCUT2D eigenvalue weighted by molar-refractivity contribution is 5.73. The van der Waals surface area contributed by atoms with E-state index in [-0.39, 0.29) is 6.04 Å². The molecule has 0 aliphatic carbocycles. The first-order valence-corrected chi connectivity index (χ1v) is 6.08. The molecule has 0 fully saturated rings. The number of fused-ring (bicyclic) bond motifs is 3. The maximum atomic E-state index is 5.81. The van der Waals surface area contributed by atoms with Crippen molar-refractivity contribution >= 4 is 5.57 Å². The molecule has 1 unspecified atom stereocenters. The highest BCUT2D eigenvalue weighted by atomic mass is 16.7. The second-order valence-corrected chi connectivity index (χ2v) is 4.53. The van der Waals surface area contributed by atoms with E-state index in [1.807, 2.05) is 47.8 Å². The summed E-state index contributed by atoms with van der Waals surface area (Å²) in [5.41, 5.74) is 3.05. The van der Waals surface area contributed by atoms with Crippen LogP contribution in [0.1, 0.15) is 23.1 Å². The molecule has 4 heteroatoms. The largest absolute Gasteiger partial charge is 0.379 e. The van der Waals surface area contributed by atoms with E-state index in [4.69, 9.17) is 11.8 Å². The summed E-state index contributed by atoms with van der Waals surface area (Å²) in [6.07, 6.45) is 7.73. The Morgan fingerprint density at radius 1 is 1.32 bits per heavy atom. The maximum absolute atomic E-state index is 5.81. The van der Waals surface area contributed by atoms with Crippen LogP contribution in [-0.4, -0.2) is 15.0 Å². The van der Waals surface area contributed by atoms with Crippen LogP contribution in [0.5, 0.6) is 5.75 Å². The van der Waals surface area contributed by atoms with Crippen molar-refractivity contribution in [3.8, 4) is 5.75 Å². The summed E-state index contributed by atoms with van der Waals surface area (Å²) in [7, 11) is 0. The fraction of sp³-hybridized carbons (Fsp3) is 0.0667. The quantitative estimate of drug-likeness (QED) is 0.844. The number of H-pyrrole nitrogens is 1. The van der Waals surface area contributed by atoms with E-state index < -0.39 is 0 Å². The molecule has 1 aromatic heterocycles. The minimum Gasteiger partial charge on any atom is -0.379 e. The van der Waals surface area contributed by atoms with Gasteiger partial charge in [-0.25, -0.2) is 10.0 Å². The zero-order chi connectivity index (χ0) is 12.8. The molecular formula is C15H11N3O.